The van der Waals surface area contributed by atoms with Crippen molar-refractivity contribution in [2.24, 2.45) is 5.92 Å². The lowest BCUT2D eigenvalue weighted by Crippen LogP contribution is -2.49. The predicted octanol–water partition coefficient (Wildman–Crippen LogP) is 1.46. The van der Waals surface area contributed by atoms with Gasteiger partial charge >= 0.3 is 0 Å². The van der Waals surface area contributed by atoms with E-state index in [2.05, 4.69) is 32.1 Å². The molecule has 1 amide bonds. The van der Waals surface area contributed by atoms with E-state index in [1.165, 1.54) is 17.3 Å². The standard InChI is InChI=1S/C16H22N6OS/c1-10-8-22(9-12-7-20-11(2)24-12)6-3-13(10)21-16(23)14-15(17)19-5-4-18-14/h4-5,7,10,13H,3,6,8-9H2,1-2H3,(H2,17,19)(H,21,23)/t10-,13+/m0/s1. The number of hydrogen-bond acceptors (Lipinski definition) is 7. The number of likely N-dealkylation sites (tertiary alicyclic amines) is 1. The van der Waals surface area contributed by atoms with Crippen molar-refractivity contribution >= 4 is 23.1 Å². The molecule has 1 saturated heterocycles. The Morgan fingerprint density at radius 2 is 2.21 bits per heavy atom. The summed E-state index contributed by atoms with van der Waals surface area (Å²) in [6, 6.07) is 0.123. The van der Waals surface area contributed by atoms with Crippen molar-refractivity contribution in [1.82, 2.24) is 25.2 Å². The van der Waals surface area contributed by atoms with Gasteiger partial charge in [0.15, 0.2) is 11.5 Å². The summed E-state index contributed by atoms with van der Waals surface area (Å²) in [5, 5.41) is 4.16. The van der Waals surface area contributed by atoms with Gasteiger partial charge in [0, 0.05) is 49.1 Å². The average molecular weight is 346 g/mol. The molecule has 2 atom stereocenters. The van der Waals surface area contributed by atoms with Gasteiger partial charge in [-0.3, -0.25) is 9.69 Å². The molecule has 1 aliphatic rings. The molecule has 24 heavy (non-hydrogen) atoms. The Labute approximate surface area is 145 Å². The fourth-order valence-corrected chi connectivity index (χ4v) is 3.89. The second-order valence-electron chi connectivity index (χ2n) is 6.22. The Balaban J connectivity index is 1.56. The summed E-state index contributed by atoms with van der Waals surface area (Å²) in [4.78, 5) is 28.3. The van der Waals surface area contributed by atoms with Crippen molar-refractivity contribution in [2.75, 3.05) is 18.8 Å². The summed E-state index contributed by atoms with van der Waals surface area (Å²) in [7, 11) is 0. The molecule has 0 saturated carbocycles. The molecule has 0 aliphatic carbocycles. The minimum Gasteiger partial charge on any atom is -0.382 e. The molecule has 3 heterocycles. The number of nitrogens with two attached hydrogens (primary N) is 1. The topological polar surface area (TPSA) is 97.0 Å². The van der Waals surface area contributed by atoms with E-state index in [-0.39, 0.29) is 23.5 Å². The molecule has 2 aromatic heterocycles. The molecule has 0 radical (unpaired) electrons. The maximum absolute atomic E-state index is 12.3. The fourth-order valence-electron chi connectivity index (χ4n) is 3.05. The number of thiazole rings is 1. The molecule has 128 valence electrons. The molecule has 0 aromatic carbocycles. The number of carbonyl (C=O) groups is 1. The third-order valence-electron chi connectivity index (χ3n) is 4.30. The van der Waals surface area contributed by atoms with Gasteiger partial charge in [0.05, 0.1) is 5.01 Å². The maximum atomic E-state index is 12.3. The number of aromatic nitrogens is 3. The lowest BCUT2D eigenvalue weighted by molar-refractivity contribution is 0.0857. The van der Waals surface area contributed by atoms with Crippen LogP contribution in [0.1, 0.15) is 33.7 Å². The highest BCUT2D eigenvalue weighted by molar-refractivity contribution is 7.11. The number of nitrogens with one attached hydrogen (secondary N) is 1. The zero-order valence-electron chi connectivity index (χ0n) is 13.9. The SMILES string of the molecule is Cc1ncc(CN2CC[C@@H](NC(=O)c3nccnc3N)[C@@H](C)C2)s1. The van der Waals surface area contributed by atoms with E-state index in [1.54, 1.807) is 11.3 Å². The Hall–Kier alpha value is -2.06. The van der Waals surface area contributed by atoms with Crippen molar-refractivity contribution in [1.29, 1.82) is 0 Å². The van der Waals surface area contributed by atoms with E-state index in [9.17, 15) is 4.79 Å². The van der Waals surface area contributed by atoms with Gasteiger partial charge < -0.3 is 11.1 Å². The third-order valence-corrected chi connectivity index (χ3v) is 5.19. The first-order valence-corrected chi connectivity index (χ1v) is 8.85. The molecule has 7 nitrogen and oxygen atoms in total. The highest BCUT2D eigenvalue weighted by atomic mass is 32.1. The lowest BCUT2D eigenvalue weighted by atomic mass is 9.93. The minimum absolute atomic E-state index is 0.123. The number of amides is 1. The molecule has 0 spiro atoms. The van der Waals surface area contributed by atoms with Gasteiger partial charge in [-0.15, -0.1) is 11.3 Å². The summed E-state index contributed by atoms with van der Waals surface area (Å²) in [5.74, 6) is 0.277. The second kappa shape index (κ2) is 7.23. The summed E-state index contributed by atoms with van der Waals surface area (Å²) in [6.07, 6.45) is 5.82. The van der Waals surface area contributed by atoms with Crippen LogP contribution >= 0.6 is 11.3 Å². The summed E-state index contributed by atoms with van der Waals surface area (Å²) in [5.41, 5.74) is 5.92. The highest BCUT2D eigenvalue weighted by Crippen LogP contribution is 2.21. The molecular weight excluding hydrogens is 324 g/mol. The molecule has 0 bridgehead atoms. The Morgan fingerprint density at radius 3 is 2.88 bits per heavy atom. The van der Waals surface area contributed by atoms with Crippen molar-refractivity contribution in [3.63, 3.8) is 0 Å². The van der Waals surface area contributed by atoms with Gasteiger partial charge in [0.25, 0.3) is 5.91 Å². The van der Waals surface area contributed by atoms with Crippen LogP contribution in [-0.2, 0) is 6.54 Å². The molecule has 1 fully saturated rings. The van der Waals surface area contributed by atoms with Gasteiger partial charge in [0.2, 0.25) is 0 Å². The molecule has 3 rings (SSSR count). The van der Waals surface area contributed by atoms with E-state index in [4.69, 9.17) is 5.73 Å². The normalized spacial score (nSPS) is 21.6. The zero-order valence-corrected chi connectivity index (χ0v) is 14.7. The first-order chi connectivity index (χ1) is 11.5. The predicted molar refractivity (Wildman–Crippen MR) is 93.6 cm³/mol. The summed E-state index contributed by atoms with van der Waals surface area (Å²) >= 11 is 1.74. The van der Waals surface area contributed by atoms with Crippen LogP contribution in [0.4, 0.5) is 5.82 Å². The number of anilines is 1. The summed E-state index contributed by atoms with van der Waals surface area (Å²) < 4.78 is 0. The number of carbonyl (C=O) groups excluding carboxylic acids is 1. The molecule has 8 heteroatoms. The highest BCUT2D eigenvalue weighted by Gasteiger charge is 2.28. The van der Waals surface area contributed by atoms with Gasteiger partial charge in [-0.25, -0.2) is 15.0 Å². The number of piperidine rings is 1. The van der Waals surface area contributed by atoms with Crippen LogP contribution in [0.3, 0.4) is 0 Å². The van der Waals surface area contributed by atoms with Crippen molar-refractivity contribution < 1.29 is 4.79 Å². The van der Waals surface area contributed by atoms with Crippen LogP contribution in [-0.4, -0.2) is 44.9 Å². The first kappa shape index (κ1) is 16.8. The van der Waals surface area contributed by atoms with Gasteiger partial charge in [-0.05, 0) is 19.3 Å². The maximum Gasteiger partial charge on any atom is 0.273 e. The third kappa shape index (κ3) is 3.88. The van der Waals surface area contributed by atoms with Crippen LogP contribution in [0.5, 0.6) is 0 Å². The fraction of sp³-hybridized carbons (Fsp3) is 0.500. The monoisotopic (exact) mass is 346 g/mol. The van der Waals surface area contributed by atoms with Crippen LogP contribution in [0, 0.1) is 12.8 Å². The second-order valence-corrected chi connectivity index (χ2v) is 7.54. The minimum atomic E-state index is -0.246. The molecule has 3 N–H and O–H groups in total. The number of nitrogens with zero attached hydrogens (tertiary/aromatic N) is 4. The largest absolute Gasteiger partial charge is 0.382 e. The molecule has 2 aromatic rings. The summed E-state index contributed by atoms with van der Waals surface area (Å²) in [6.45, 7) is 7.00. The smallest absolute Gasteiger partial charge is 0.273 e. The lowest BCUT2D eigenvalue weighted by Gasteiger charge is -2.37. The Bertz CT molecular complexity index is 718. The average Bonchev–Trinajstić information content (AvgIpc) is 2.95. The van der Waals surface area contributed by atoms with Gasteiger partial charge in [-0.2, -0.15) is 0 Å². The van der Waals surface area contributed by atoms with E-state index < -0.39 is 0 Å². The number of hydrogen-bond donors (Lipinski definition) is 2. The molecule has 0 unspecified atom stereocenters. The van der Waals surface area contributed by atoms with E-state index in [0.717, 1.165) is 31.1 Å². The number of rotatable bonds is 4. The quantitative estimate of drug-likeness (QED) is 0.870. The zero-order chi connectivity index (χ0) is 17.1. The van der Waals surface area contributed by atoms with Crippen LogP contribution < -0.4 is 11.1 Å². The van der Waals surface area contributed by atoms with Crippen molar-refractivity contribution in [3.05, 3.63) is 34.2 Å². The van der Waals surface area contributed by atoms with E-state index >= 15 is 0 Å². The van der Waals surface area contributed by atoms with E-state index in [1.807, 2.05) is 13.1 Å². The van der Waals surface area contributed by atoms with Crippen molar-refractivity contribution in [3.8, 4) is 0 Å². The van der Waals surface area contributed by atoms with Gasteiger partial charge in [-0.1, -0.05) is 6.92 Å². The van der Waals surface area contributed by atoms with Gasteiger partial charge in [0.1, 0.15) is 0 Å². The number of nitrogen functional groups attached to an aromatic ring is 1. The molecule has 1 aliphatic heterocycles. The Morgan fingerprint density at radius 1 is 1.42 bits per heavy atom. The van der Waals surface area contributed by atoms with Crippen molar-refractivity contribution in [2.45, 2.75) is 32.9 Å². The van der Waals surface area contributed by atoms with Crippen LogP contribution in [0.2, 0.25) is 0 Å². The molecular formula is C16H22N6OS. The van der Waals surface area contributed by atoms with Crippen LogP contribution in [0.15, 0.2) is 18.6 Å². The number of aryl methyl sites for hydroxylation is 1. The Kier molecular flexibility index (Phi) is 5.06. The van der Waals surface area contributed by atoms with E-state index in [0.29, 0.717) is 5.92 Å². The first-order valence-electron chi connectivity index (χ1n) is 8.04. The van der Waals surface area contributed by atoms with Crippen LogP contribution in [0.25, 0.3) is 0 Å².